The van der Waals surface area contributed by atoms with Crippen LogP contribution >= 0.6 is 0 Å². The Bertz CT molecular complexity index is 1330. The number of carbonyl (C=O) groups excluding carboxylic acids is 1. The van der Waals surface area contributed by atoms with Crippen molar-refractivity contribution in [2.24, 2.45) is 5.41 Å². The summed E-state index contributed by atoms with van der Waals surface area (Å²) in [5, 5.41) is 4.18. The number of fused-ring (bicyclic) bond motifs is 1. The Morgan fingerprint density at radius 3 is 2.73 bits per heavy atom. The minimum atomic E-state index is 0.188. The van der Waals surface area contributed by atoms with Gasteiger partial charge in [0.1, 0.15) is 12.1 Å². The van der Waals surface area contributed by atoms with Gasteiger partial charge in [-0.25, -0.2) is 9.97 Å². The number of nitrogens with one attached hydrogen (secondary N) is 1. The van der Waals surface area contributed by atoms with Crippen LogP contribution in [0.15, 0.2) is 42.7 Å². The summed E-state index contributed by atoms with van der Waals surface area (Å²) in [4.78, 5) is 25.2. The van der Waals surface area contributed by atoms with Crippen LogP contribution in [-0.4, -0.2) is 72.6 Å². The number of methoxy groups -OCH3 is 1. The summed E-state index contributed by atoms with van der Waals surface area (Å²) in [6.45, 7) is 4.52. The monoisotopic (exact) mass is 499 g/mol. The van der Waals surface area contributed by atoms with Gasteiger partial charge in [-0.05, 0) is 62.0 Å². The summed E-state index contributed by atoms with van der Waals surface area (Å²) < 4.78 is 11.8. The van der Waals surface area contributed by atoms with E-state index < -0.39 is 0 Å². The molecule has 0 atom stereocenters. The van der Waals surface area contributed by atoms with Gasteiger partial charge in [-0.2, -0.15) is 0 Å². The molecule has 0 bridgehead atoms. The predicted octanol–water partition coefficient (Wildman–Crippen LogP) is 4.08. The first-order chi connectivity index (χ1) is 18.0. The van der Waals surface area contributed by atoms with E-state index in [-0.39, 0.29) is 11.3 Å². The van der Waals surface area contributed by atoms with E-state index >= 15 is 0 Å². The average molecular weight is 500 g/mol. The standard InChI is InChI=1S/C29H33N5O3/c1-4-21-7-5-8-22(15-21)32-28-23-16-26(25(36-3)17-24(23)30-20-31-28)37-14-6-11-34-12-9-29(10-13-34)18-27(35)33(2)19-29/h1,5,7-8,15-17,20H,6,9-14,18-19H2,2-3H3,(H,30,31,32). The predicted molar refractivity (Wildman–Crippen MR) is 144 cm³/mol. The summed E-state index contributed by atoms with van der Waals surface area (Å²) in [7, 11) is 3.55. The third-order valence-electron chi connectivity index (χ3n) is 7.53. The van der Waals surface area contributed by atoms with Crippen molar-refractivity contribution in [2.75, 3.05) is 52.3 Å². The Labute approximate surface area is 218 Å². The summed E-state index contributed by atoms with van der Waals surface area (Å²) in [6.07, 6.45) is 10.9. The van der Waals surface area contributed by atoms with E-state index in [9.17, 15) is 4.79 Å². The Kier molecular flexibility index (Phi) is 7.15. The molecule has 0 aliphatic carbocycles. The Hall–Kier alpha value is -3.83. The van der Waals surface area contributed by atoms with Crippen LogP contribution in [0.25, 0.3) is 10.9 Å². The maximum Gasteiger partial charge on any atom is 0.222 e. The Morgan fingerprint density at radius 2 is 2.00 bits per heavy atom. The minimum Gasteiger partial charge on any atom is -0.493 e. The van der Waals surface area contributed by atoms with Gasteiger partial charge in [0, 0.05) is 49.3 Å². The second-order valence-electron chi connectivity index (χ2n) is 10.1. The van der Waals surface area contributed by atoms with Crippen molar-refractivity contribution >= 4 is 28.3 Å². The number of benzene rings is 2. The molecular weight excluding hydrogens is 466 g/mol. The highest BCUT2D eigenvalue weighted by Crippen LogP contribution is 2.40. The van der Waals surface area contributed by atoms with Crippen LogP contribution in [0.4, 0.5) is 11.5 Å². The van der Waals surface area contributed by atoms with Crippen molar-refractivity contribution in [2.45, 2.75) is 25.7 Å². The van der Waals surface area contributed by atoms with Crippen LogP contribution in [-0.2, 0) is 4.79 Å². The molecule has 1 aromatic heterocycles. The maximum atomic E-state index is 12.0. The number of terminal acetylenes is 1. The van der Waals surface area contributed by atoms with Crippen molar-refractivity contribution in [1.29, 1.82) is 0 Å². The molecule has 2 aromatic carbocycles. The number of piperidine rings is 1. The summed E-state index contributed by atoms with van der Waals surface area (Å²) in [5.41, 5.74) is 2.59. The SMILES string of the molecule is C#Cc1cccc(Nc2ncnc3cc(OC)c(OCCCN4CCC5(CC4)CC(=O)N(C)C5)cc23)c1. The van der Waals surface area contributed by atoms with Crippen LogP contribution in [0.5, 0.6) is 11.5 Å². The summed E-state index contributed by atoms with van der Waals surface area (Å²) in [5.74, 6) is 4.92. The normalized spacial score (nSPS) is 17.2. The smallest absolute Gasteiger partial charge is 0.222 e. The minimum absolute atomic E-state index is 0.188. The molecule has 5 rings (SSSR count). The van der Waals surface area contributed by atoms with Crippen molar-refractivity contribution in [3.8, 4) is 23.8 Å². The van der Waals surface area contributed by atoms with Gasteiger partial charge >= 0.3 is 0 Å². The Balaban J connectivity index is 1.21. The van der Waals surface area contributed by atoms with E-state index in [1.807, 2.05) is 48.3 Å². The second kappa shape index (κ2) is 10.7. The maximum absolute atomic E-state index is 12.0. The highest BCUT2D eigenvalue weighted by molar-refractivity contribution is 5.93. The number of carbonyl (C=O) groups is 1. The zero-order valence-corrected chi connectivity index (χ0v) is 21.5. The van der Waals surface area contributed by atoms with Gasteiger partial charge in [0.15, 0.2) is 11.5 Å². The number of likely N-dealkylation sites (tertiary alicyclic amines) is 2. The van der Waals surface area contributed by atoms with Crippen LogP contribution in [0.2, 0.25) is 0 Å². The first-order valence-electron chi connectivity index (χ1n) is 12.7. The van der Waals surface area contributed by atoms with E-state index in [0.717, 1.165) is 67.6 Å². The van der Waals surface area contributed by atoms with Crippen LogP contribution in [0, 0.1) is 17.8 Å². The molecule has 2 fully saturated rings. The van der Waals surface area contributed by atoms with E-state index in [2.05, 4.69) is 26.1 Å². The molecule has 2 saturated heterocycles. The van der Waals surface area contributed by atoms with Gasteiger partial charge in [0.2, 0.25) is 5.91 Å². The lowest BCUT2D eigenvalue weighted by molar-refractivity contribution is -0.126. The first kappa shape index (κ1) is 24.8. The fourth-order valence-electron chi connectivity index (χ4n) is 5.42. The quantitative estimate of drug-likeness (QED) is 0.370. The fourth-order valence-corrected chi connectivity index (χ4v) is 5.42. The zero-order valence-electron chi connectivity index (χ0n) is 21.5. The third kappa shape index (κ3) is 5.47. The van der Waals surface area contributed by atoms with E-state index in [1.54, 1.807) is 7.11 Å². The summed E-state index contributed by atoms with van der Waals surface area (Å²) in [6, 6.07) is 11.4. The summed E-state index contributed by atoms with van der Waals surface area (Å²) >= 11 is 0. The van der Waals surface area contributed by atoms with Crippen LogP contribution in [0.3, 0.4) is 0 Å². The second-order valence-corrected chi connectivity index (χ2v) is 10.1. The highest BCUT2D eigenvalue weighted by Gasteiger charge is 2.43. The zero-order chi connectivity index (χ0) is 25.8. The molecular formula is C29H33N5O3. The lowest BCUT2D eigenvalue weighted by atomic mass is 9.77. The van der Waals surface area contributed by atoms with Crippen molar-refractivity contribution in [3.63, 3.8) is 0 Å². The van der Waals surface area contributed by atoms with Crippen molar-refractivity contribution < 1.29 is 14.3 Å². The van der Waals surface area contributed by atoms with Gasteiger partial charge in [0.25, 0.3) is 0 Å². The highest BCUT2D eigenvalue weighted by atomic mass is 16.5. The molecule has 0 radical (unpaired) electrons. The molecule has 0 saturated carbocycles. The van der Waals surface area contributed by atoms with Gasteiger partial charge in [-0.3, -0.25) is 4.79 Å². The molecule has 8 heteroatoms. The molecule has 1 N–H and O–H groups in total. The van der Waals surface area contributed by atoms with E-state index in [1.165, 1.54) is 6.33 Å². The molecule has 0 unspecified atom stereocenters. The number of rotatable bonds is 8. The topological polar surface area (TPSA) is 79.8 Å². The van der Waals surface area contributed by atoms with Gasteiger partial charge in [0.05, 0.1) is 19.2 Å². The molecule has 37 heavy (non-hydrogen) atoms. The molecule has 2 aliphatic rings. The van der Waals surface area contributed by atoms with Gasteiger partial charge in [-0.15, -0.1) is 6.42 Å². The lowest BCUT2D eigenvalue weighted by Crippen LogP contribution is -2.41. The number of nitrogens with zero attached hydrogens (tertiary/aromatic N) is 4. The number of hydrogen-bond donors (Lipinski definition) is 1. The molecule has 1 amide bonds. The third-order valence-corrected chi connectivity index (χ3v) is 7.53. The molecule has 3 heterocycles. The van der Waals surface area contributed by atoms with E-state index in [4.69, 9.17) is 15.9 Å². The fraction of sp³-hybridized carbons (Fsp3) is 0.414. The van der Waals surface area contributed by atoms with Gasteiger partial charge in [-0.1, -0.05) is 12.0 Å². The Morgan fingerprint density at radius 1 is 1.16 bits per heavy atom. The lowest BCUT2D eigenvalue weighted by Gasteiger charge is -2.38. The van der Waals surface area contributed by atoms with Crippen LogP contribution < -0.4 is 14.8 Å². The number of hydrogen-bond acceptors (Lipinski definition) is 7. The number of ether oxygens (including phenoxy) is 2. The number of aromatic nitrogens is 2. The number of amides is 1. The van der Waals surface area contributed by atoms with Crippen LogP contribution in [0.1, 0.15) is 31.2 Å². The molecule has 1 spiro atoms. The van der Waals surface area contributed by atoms with Gasteiger partial charge < -0.3 is 24.6 Å². The number of anilines is 2. The molecule has 192 valence electrons. The molecule has 8 nitrogen and oxygen atoms in total. The first-order valence-corrected chi connectivity index (χ1v) is 12.7. The average Bonchev–Trinajstić information content (AvgIpc) is 3.19. The molecule has 3 aromatic rings. The van der Waals surface area contributed by atoms with Crippen molar-refractivity contribution in [1.82, 2.24) is 19.8 Å². The van der Waals surface area contributed by atoms with Crippen molar-refractivity contribution in [3.05, 3.63) is 48.3 Å². The largest absolute Gasteiger partial charge is 0.493 e. The van der Waals surface area contributed by atoms with E-state index in [0.29, 0.717) is 30.3 Å². The molecule has 2 aliphatic heterocycles.